The molecule has 0 aliphatic carbocycles. The van der Waals surface area contributed by atoms with Gasteiger partial charge in [-0.2, -0.15) is 0 Å². The van der Waals surface area contributed by atoms with E-state index in [0.717, 1.165) is 16.6 Å². The van der Waals surface area contributed by atoms with E-state index in [1.807, 2.05) is 43.4 Å². The van der Waals surface area contributed by atoms with Crippen LogP contribution in [0.3, 0.4) is 0 Å². The average Bonchev–Trinajstić information content (AvgIpc) is 2.51. The molecule has 3 rings (SSSR count). The van der Waals surface area contributed by atoms with E-state index in [1.165, 1.54) is 0 Å². The lowest BCUT2D eigenvalue weighted by atomic mass is 10.2. The van der Waals surface area contributed by atoms with Gasteiger partial charge in [0.25, 0.3) is 0 Å². The highest BCUT2D eigenvalue weighted by Gasteiger charge is 2.08. The van der Waals surface area contributed by atoms with E-state index in [1.54, 1.807) is 12.3 Å². The van der Waals surface area contributed by atoms with E-state index in [-0.39, 0.29) is 0 Å². The predicted octanol–water partition coefficient (Wildman–Crippen LogP) is 3.79. The first-order chi connectivity index (χ1) is 10.3. The Hall–Kier alpha value is -2.17. The summed E-state index contributed by atoms with van der Waals surface area (Å²) in [5, 5.41) is 4.58. The van der Waals surface area contributed by atoms with Crippen molar-refractivity contribution in [3.8, 4) is 11.6 Å². The predicted molar refractivity (Wildman–Crippen MR) is 83.8 cm³/mol. The molecular weight excluding hydrogens is 286 g/mol. The number of halogens is 1. The van der Waals surface area contributed by atoms with E-state index in [2.05, 4.69) is 15.3 Å². The van der Waals surface area contributed by atoms with E-state index in [9.17, 15) is 0 Å². The Labute approximate surface area is 127 Å². The average molecular weight is 300 g/mol. The van der Waals surface area contributed by atoms with Crippen LogP contribution < -0.4 is 10.1 Å². The molecule has 0 amide bonds. The molecule has 5 heteroatoms. The molecule has 0 fully saturated rings. The summed E-state index contributed by atoms with van der Waals surface area (Å²) >= 11 is 6.18. The molecule has 0 atom stereocenters. The Morgan fingerprint density at radius 2 is 2.05 bits per heavy atom. The lowest BCUT2D eigenvalue weighted by Crippen LogP contribution is -2.06. The molecule has 0 saturated heterocycles. The Balaban J connectivity index is 1.98. The second kappa shape index (κ2) is 6.08. The van der Waals surface area contributed by atoms with Gasteiger partial charge in [0.1, 0.15) is 5.52 Å². The van der Waals surface area contributed by atoms with Gasteiger partial charge in [-0.15, -0.1) is 0 Å². The largest absolute Gasteiger partial charge is 0.437 e. The van der Waals surface area contributed by atoms with Crippen molar-refractivity contribution in [3.05, 3.63) is 59.4 Å². The van der Waals surface area contributed by atoms with Gasteiger partial charge in [0.2, 0.25) is 5.88 Å². The molecule has 0 radical (unpaired) electrons. The molecule has 0 spiro atoms. The number of hydrogen-bond donors (Lipinski definition) is 1. The van der Waals surface area contributed by atoms with Crippen molar-refractivity contribution in [1.29, 1.82) is 0 Å². The van der Waals surface area contributed by atoms with Crippen LogP contribution in [0.2, 0.25) is 5.02 Å². The van der Waals surface area contributed by atoms with Gasteiger partial charge in [-0.1, -0.05) is 17.7 Å². The van der Waals surface area contributed by atoms with Gasteiger partial charge in [-0.05, 0) is 37.4 Å². The molecule has 0 aliphatic heterocycles. The molecular formula is C16H14ClN3O. The minimum absolute atomic E-state index is 0.539. The zero-order valence-electron chi connectivity index (χ0n) is 11.5. The summed E-state index contributed by atoms with van der Waals surface area (Å²) in [5.74, 6) is 1.18. The normalized spacial score (nSPS) is 10.8. The maximum absolute atomic E-state index is 6.18. The number of rotatable bonds is 4. The van der Waals surface area contributed by atoms with Crippen LogP contribution in [-0.4, -0.2) is 17.0 Å². The number of nitrogens with zero attached hydrogens (tertiary/aromatic N) is 2. The zero-order chi connectivity index (χ0) is 14.7. The van der Waals surface area contributed by atoms with E-state index >= 15 is 0 Å². The summed E-state index contributed by atoms with van der Waals surface area (Å²) < 4.78 is 5.87. The third kappa shape index (κ3) is 2.96. The molecule has 21 heavy (non-hydrogen) atoms. The standard InChI is InChI=1S/C16H14ClN3O/c1-18-10-11-4-2-6-15(20-11)21-14-8-7-13(17)12-5-3-9-19-16(12)14/h2-9,18H,10H2,1H3. The fraction of sp³-hybridized carbons (Fsp3) is 0.125. The maximum atomic E-state index is 6.18. The lowest BCUT2D eigenvalue weighted by Gasteiger charge is -2.09. The zero-order valence-corrected chi connectivity index (χ0v) is 12.3. The van der Waals surface area contributed by atoms with Gasteiger partial charge >= 0.3 is 0 Å². The smallest absolute Gasteiger partial charge is 0.219 e. The summed E-state index contributed by atoms with van der Waals surface area (Å²) in [6.07, 6.45) is 1.72. The second-order valence-corrected chi connectivity index (χ2v) is 4.95. The first-order valence-electron chi connectivity index (χ1n) is 6.59. The fourth-order valence-electron chi connectivity index (χ4n) is 2.10. The van der Waals surface area contributed by atoms with Crippen LogP contribution >= 0.6 is 11.6 Å². The molecule has 2 aromatic heterocycles. The first-order valence-corrected chi connectivity index (χ1v) is 6.97. The van der Waals surface area contributed by atoms with Gasteiger partial charge in [0.05, 0.1) is 10.7 Å². The summed E-state index contributed by atoms with van der Waals surface area (Å²) in [7, 11) is 1.88. The number of ether oxygens (including phenoxy) is 1. The minimum Gasteiger partial charge on any atom is -0.437 e. The third-order valence-electron chi connectivity index (χ3n) is 3.03. The number of nitrogens with one attached hydrogen (secondary N) is 1. The molecule has 2 heterocycles. The second-order valence-electron chi connectivity index (χ2n) is 4.54. The van der Waals surface area contributed by atoms with E-state index in [4.69, 9.17) is 16.3 Å². The topological polar surface area (TPSA) is 47.0 Å². The molecule has 1 N–H and O–H groups in total. The molecule has 106 valence electrons. The Kier molecular flexibility index (Phi) is 3.99. The monoisotopic (exact) mass is 299 g/mol. The quantitative estimate of drug-likeness (QED) is 0.796. The lowest BCUT2D eigenvalue weighted by molar-refractivity contribution is 0.464. The van der Waals surface area contributed by atoms with Crippen LogP contribution in [0.25, 0.3) is 10.9 Å². The number of benzene rings is 1. The highest BCUT2D eigenvalue weighted by molar-refractivity contribution is 6.35. The summed E-state index contributed by atoms with van der Waals surface area (Å²) in [6, 6.07) is 13.1. The van der Waals surface area contributed by atoms with Crippen molar-refractivity contribution in [2.75, 3.05) is 7.05 Å². The molecule has 0 unspecified atom stereocenters. The number of pyridine rings is 2. The minimum atomic E-state index is 0.539. The number of hydrogen-bond acceptors (Lipinski definition) is 4. The van der Waals surface area contributed by atoms with Crippen molar-refractivity contribution >= 4 is 22.5 Å². The van der Waals surface area contributed by atoms with Crippen molar-refractivity contribution < 1.29 is 4.74 Å². The van der Waals surface area contributed by atoms with Crippen LogP contribution in [0.1, 0.15) is 5.69 Å². The highest BCUT2D eigenvalue weighted by atomic mass is 35.5. The number of fused-ring (bicyclic) bond motifs is 1. The van der Waals surface area contributed by atoms with Crippen molar-refractivity contribution in [2.24, 2.45) is 0 Å². The van der Waals surface area contributed by atoms with Crippen LogP contribution in [0.5, 0.6) is 11.6 Å². The first kappa shape index (κ1) is 13.8. The Bertz CT molecular complexity index is 776. The SMILES string of the molecule is CNCc1cccc(Oc2ccc(Cl)c3cccnc23)n1. The molecule has 4 nitrogen and oxygen atoms in total. The van der Waals surface area contributed by atoms with Crippen molar-refractivity contribution in [1.82, 2.24) is 15.3 Å². The Morgan fingerprint density at radius 1 is 1.14 bits per heavy atom. The maximum Gasteiger partial charge on any atom is 0.219 e. The third-order valence-corrected chi connectivity index (χ3v) is 3.36. The number of aromatic nitrogens is 2. The summed E-state index contributed by atoms with van der Waals surface area (Å²) in [4.78, 5) is 8.79. The molecule has 3 aromatic rings. The molecule has 0 saturated carbocycles. The van der Waals surface area contributed by atoms with Crippen LogP contribution in [0, 0.1) is 0 Å². The molecule has 1 aromatic carbocycles. The summed E-state index contributed by atoms with van der Waals surface area (Å²) in [6.45, 7) is 0.691. The highest BCUT2D eigenvalue weighted by Crippen LogP contribution is 2.32. The van der Waals surface area contributed by atoms with Gasteiger partial charge in [-0.3, -0.25) is 4.98 Å². The van der Waals surface area contributed by atoms with Crippen molar-refractivity contribution in [3.63, 3.8) is 0 Å². The van der Waals surface area contributed by atoms with Crippen LogP contribution in [0.15, 0.2) is 48.7 Å². The summed E-state index contributed by atoms with van der Waals surface area (Å²) in [5.41, 5.74) is 1.65. The van der Waals surface area contributed by atoms with Gasteiger partial charge < -0.3 is 10.1 Å². The fourth-order valence-corrected chi connectivity index (χ4v) is 2.32. The molecule has 0 aliphatic rings. The van der Waals surface area contributed by atoms with Crippen LogP contribution in [0.4, 0.5) is 0 Å². The van der Waals surface area contributed by atoms with Gasteiger partial charge in [-0.25, -0.2) is 4.98 Å². The van der Waals surface area contributed by atoms with E-state index in [0.29, 0.717) is 23.2 Å². The Morgan fingerprint density at radius 3 is 2.90 bits per heavy atom. The van der Waals surface area contributed by atoms with E-state index < -0.39 is 0 Å². The van der Waals surface area contributed by atoms with Crippen LogP contribution in [-0.2, 0) is 6.54 Å². The van der Waals surface area contributed by atoms with Gasteiger partial charge in [0.15, 0.2) is 5.75 Å². The van der Waals surface area contributed by atoms with Gasteiger partial charge in [0, 0.05) is 24.2 Å². The van der Waals surface area contributed by atoms with Crippen molar-refractivity contribution in [2.45, 2.75) is 6.54 Å². The molecule has 0 bridgehead atoms.